The summed E-state index contributed by atoms with van der Waals surface area (Å²) in [6.45, 7) is 0. The van der Waals surface area contributed by atoms with Gasteiger partial charge in [0, 0.05) is 40.3 Å². The van der Waals surface area contributed by atoms with Gasteiger partial charge in [-0.1, -0.05) is 133 Å². The normalized spacial score (nSPS) is 12.1. The molecule has 2 heteroatoms. The van der Waals surface area contributed by atoms with Crippen molar-refractivity contribution in [1.29, 1.82) is 0 Å². The molecule has 0 aliphatic carbocycles. The fraction of sp³-hybridized carbons (Fsp3) is 0. The van der Waals surface area contributed by atoms with E-state index in [0.717, 1.165) is 0 Å². The molecule has 0 saturated heterocycles. The summed E-state index contributed by atoms with van der Waals surface area (Å²) in [7, 11) is 0. The Kier molecular flexibility index (Phi) is 6.48. The highest BCUT2D eigenvalue weighted by atomic mass is 32.1. The van der Waals surface area contributed by atoms with Crippen molar-refractivity contribution in [2.24, 2.45) is 0 Å². The second-order valence-corrected chi connectivity index (χ2v) is 16.5. The van der Waals surface area contributed by atoms with Gasteiger partial charge in [0.15, 0.2) is 0 Å². The van der Waals surface area contributed by atoms with Gasteiger partial charge in [-0.2, -0.15) is 0 Å². The van der Waals surface area contributed by atoms with Crippen molar-refractivity contribution in [2.45, 2.75) is 0 Å². The van der Waals surface area contributed by atoms with Gasteiger partial charge in [-0.25, -0.2) is 0 Å². The minimum absolute atomic E-state index is 1.24. The van der Waals surface area contributed by atoms with Gasteiger partial charge in [0.05, 0.1) is 0 Å². The van der Waals surface area contributed by atoms with Crippen molar-refractivity contribution in [3.8, 4) is 33.4 Å². The van der Waals surface area contributed by atoms with Gasteiger partial charge < -0.3 is 0 Å². The third kappa shape index (κ3) is 4.42. The summed E-state index contributed by atoms with van der Waals surface area (Å²) < 4.78 is 5.30. The number of rotatable bonds is 3. The Morgan fingerprint density at radius 1 is 0.259 bits per heavy atom. The fourth-order valence-electron chi connectivity index (χ4n) is 9.04. The van der Waals surface area contributed by atoms with E-state index in [1.807, 2.05) is 22.7 Å². The number of thiophene rings is 2. The van der Waals surface area contributed by atoms with Crippen LogP contribution in [0.5, 0.6) is 0 Å². The number of hydrogen-bond donors (Lipinski definition) is 0. The maximum Gasteiger partial charge on any atom is 0.0361 e. The molecule has 12 aromatic rings. The highest BCUT2D eigenvalue weighted by Gasteiger charge is 2.20. The molecule has 0 radical (unpaired) electrons. The SMILES string of the molecule is c1ccc2cc3cc(-c4c5cccc(-c6cccc7sc8ccccc8c67)c5cc5c(-c6cccc7sc8ccccc8c67)cccc45)ccc3cc2c1. The molecule has 2 heterocycles. The van der Waals surface area contributed by atoms with Crippen LogP contribution in [-0.4, -0.2) is 0 Å². The minimum Gasteiger partial charge on any atom is -0.135 e. The van der Waals surface area contributed by atoms with E-state index < -0.39 is 0 Å². The molecule has 0 amide bonds. The van der Waals surface area contributed by atoms with Gasteiger partial charge in [-0.3, -0.25) is 0 Å². The molecular weight excluding hydrogens is 689 g/mol. The van der Waals surface area contributed by atoms with Crippen LogP contribution in [-0.2, 0) is 0 Å². The first-order valence-electron chi connectivity index (χ1n) is 18.5. The van der Waals surface area contributed by atoms with Crippen molar-refractivity contribution >= 4 is 106 Å². The van der Waals surface area contributed by atoms with Crippen LogP contribution in [0.4, 0.5) is 0 Å². The summed E-state index contributed by atoms with van der Waals surface area (Å²) in [4.78, 5) is 0. The molecule has 2 aromatic heterocycles. The molecule has 0 saturated carbocycles. The van der Waals surface area contributed by atoms with E-state index >= 15 is 0 Å². The molecule has 54 heavy (non-hydrogen) atoms. The van der Waals surface area contributed by atoms with Crippen LogP contribution in [0.25, 0.3) is 117 Å². The van der Waals surface area contributed by atoms with Gasteiger partial charge >= 0.3 is 0 Å². The maximum absolute atomic E-state index is 2.49. The van der Waals surface area contributed by atoms with Crippen molar-refractivity contribution in [1.82, 2.24) is 0 Å². The fourth-order valence-corrected chi connectivity index (χ4v) is 11.3. The summed E-state index contributed by atoms with van der Waals surface area (Å²) in [6, 6.07) is 68.2. The van der Waals surface area contributed by atoms with E-state index in [1.165, 1.54) is 117 Å². The van der Waals surface area contributed by atoms with E-state index in [9.17, 15) is 0 Å². The molecule has 0 spiro atoms. The monoisotopic (exact) mass is 718 g/mol. The van der Waals surface area contributed by atoms with Crippen LogP contribution in [0.3, 0.4) is 0 Å². The van der Waals surface area contributed by atoms with E-state index in [1.54, 1.807) is 0 Å². The molecule has 250 valence electrons. The van der Waals surface area contributed by atoms with Crippen LogP contribution in [0, 0.1) is 0 Å². The average molecular weight is 719 g/mol. The van der Waals surface area contributed by atoms with Gasteiger partial charge in [-0.05, 0) is 125 Å². The Hall–Kier alpha value is -6.32. The predicted octanol–water partition coefficient (Wildman–Crippen LogP) is 16.0. The van der Waals surface area contributed by atoms with Crippen LogP contribution in [0.15, 0.2) is 182 Å². The second-order valence-electron chi connectivity index (χ2n) is 14.4. The van der Waals surface area contributed by atoms with E-state index in [4.69, 9.17) is 0 Å². The molecule has 0 nitrogen and oxygen atoms in total. The Morgan fingerprint density at radius 3 is 1.30 bits per heavy atom. The van der Waals surface area contributed by atoms with E-state index in [0.29, 0.717) is 0 Å². The second kappa shape index (κ2) is 11.6. The van der Waals surface area contributed by atoms with Crippen LogP contribution in [0.2, 0.25) is 0 Å². The zero-order valence-electron chi connectivity index (χ0n) is 29.1. The number of fused-ring (bicyclic) bond motifs is 10. The lowest BCUT2D eigenvalue weighted by atomic mass is 9.85. The summed E-state index contributed by atoms with van der Waals surface area (Å²) in [5.74, 6) is 0. The van der Waals surface area contributed by atoms with Gasteiger partial charge in [-0.15, -0.1) is 22.7 Å². The first-order chi connectivity index (χ1) is 26.8. The highest BCUT2D eigenvalue weighted by molar-refractivity contribution is 7.26. The van der Waals surface area contributed by atoms with E-state index in [-0.39, 0.29) is 0 Å². The summed E-state index contributed by atoms with van der Waals surface area (Å²) >= 11 is 3.77. The lowest BCUT2D eigenvalue weighted by molar-refractivity contribution is 1.68. The predicted molar refractivity (Wildman–Crippen MR) is 239 cm³/mol. The van der Waals surface area contributed by atoms with Crippen molar-refractivity contribution in [3.05, 3.63) is 182 Å². The molecule has 0 bridgehead atoms. The Labute approximate surface area is 319 Å². The molecule has 0 aliphatic heterocycles. The third-order valence-corrected chi connectivity index (χ3v) is 13.7. The summed E-state index contributed by atoms with van der Waals surface area (Å²) in [6.07, 6.45) is 0. The van der Waals surface area contributed by atoms with Gasteiger partial charge in [0.1, 0.15) is 0 Å². The van der Waals surface area contributed by atoms with Gasteiger partial charge in [0.2, 0.25) is 0 Å². The molecule has 12 rings (SSSR count). The topological polar surface area (TPSA) is 0 Å². The largest absolute Gasteiger partial charge is 0.135 e. The summed E-state index contributed by atoms with van der Waals surface area (Å²) in [5, 5.41) is 15.5. The average Bonchev–Trinajstić information content (AvgIpc) is 3.80. The molecule has 0 N–H and O–H groups in total. The first kappa shape index (κ1) is 30.2. The molecule has 0 aliphatic rings. The molecular formula is C52H30S2. The molecule has 0 unspecified atom stereocenters. The zero-order valence-corrected chi connectivity index (χ0v) is 30.8. The quantitative estimate of drug-likeness (QED) is 0.160. The Morgan fingerprint density at radius 2 is 0.704 bits per heavy atom. The molecule has 10 aromatic carbocycles. The van der Waals surface area contributed by atoms with Crippen molar-refractivity contribution in [3.63, 3.8) is 0 Å². The van der Waals surface area contributed by atoms with Crippen molar-refractivity contribution < 1.29 is 0 Å². The maximum atomic E-state index is 2.49. The smallest absolute Gasteiger partial charge is 0.0361 e. The van der Waals surface area contributed by atoms with Crippen LogP contribution >= 0.6 is 22.7 Å². The first-order valence-corrected chi connectivity index (χ1v) is 20.1. The molecule has 0 fully saturated rings. The van der Waals surface area contributed by atoms with Gasteiger partial charge in [0.25, 0.3) is 0 Å². The Balaban J connectivity index is 1.22. The lowest BCUT2D eigenvalue weighted by Gasteiger charge is -2.18. The lowest BCUT2D eigenvalue weighted by Crippen LogP contribution is -1.91. The summed E-state index contributed by atoms with van der Waals surface area (Å²) in [5.41, 5.74) is 7.63. The minimum atomic E-state index is 1.24. The van der Waals surface area contributed by atoms with Crippen LogP contribution < -0.4 is 0 Å². The molecule has 0 atom stereocenters. The number of benzene rings is 10. The third-order valence-electron chi connectivity index (χ3n) is 11.4. The Bertz CT molecular complexity index is 3330. The van der Waals surface area contributed by atoms with E-state index in [2.05, 4.69) is 182 Å². The van der Waals surface area contributed by atoms with Crippen LogP contribution in [0.1, 0.15) is 0 Å². The van der Waals surface area contributed by atoms with Crippen molar-refractivity contribution in [2.75, 3.05) is 0 Å². The number of hydrogen-bond acceptors (Lipinski definition) is 2. The standard InChI is InChI=1S/C52H30S2/c1-2-12-32-28-35-29-34(26-25-33(35)27-31(32)11-1)50-40-17-7-15-36(38-19-9-23-48-51(38)42-13-3-5-21-46(42)53-48)44(40)30-45-37(16-8-18-41(45)50)39-20-10-24-49-52(39)43-14-4-6-22-47(43)54-49/h1-30H. The highest BCUT2D eigenvalue weighted by Crippen LogP contribution is 2.48. The zero-order chi connectivity index (χ0) is 35.3.